The minimum atomic E-state index is 0.587. The van der Waals surface area contributed by atoms with Crippen LogP contribution in [-0.4, -0.2) is 50.3 Å². The molecule has 0 aromatic carbocycles. The number of aromatic nitrogens is 1. The van der Waals surface area contributed by atoms with Crippen LogP contribution in [0.3, 0.4) is 0 Å². The lowest BCUT2D eigenvalue weighted by Crippen LogP contribution is -2.38. The molecule has 0 fully saturated rings. The largest absolute Gasteiger partial charge is 0.381 e. The van der Waals surface area contributed by atoms with E-state index in [4.69, 9.17) is 4.74 Å². The van der Waals surface area contributed by atoms with Crippen LogP contribution in [0.2, 0.25) is 0 Å². The SMILES string of the molecule is CCNC(=NCc1ccc(N(CC)CC)nc1)NCCCOCC(C)C. The fourth-order valence-corrected chi connectivity index (χ4v) is 2.46. The van der Waals surface area contributed by atoms with E-state index >= 15 is 0 Å². The molecule has 2 N–H and O–H groups in total. The van der Waals surface area contributed by atoms with Gasteiger partial charge in [0, 0.05) is 45.6 Å². The van der Waals surface area contributed by atoms with E-state index in [1.165, 1.54) is 0 Å². The number of hydrogen-bond acceptors (Lipinski definition) is 4. The highest BCUT2D eigenvalue weighted by molar-refractivity contribution is 5.79. The molecule has 1 heterocycles. The summed E-state index contributed by atoms with van der Waals surface area (Å²) in [4.78, 5) is 11.4. The molecule has 0 spiro atoms. The van der Waals surface area contributed by atoms with Crippen molar-refractivity contribution in [1.82, 2.24) is 15.6 Å². The minimum absolute atomic E-state index is 0.587. The van der Waals surface area contributed by atoms with Crippen LogP contribution in [0.25, 0.3) is 0 Å². The highest BCUT2D eigenvalue weighted by atomic mass is 16.5. The van der Waals surface area contributed by atoms with Gasteiger partial charge in [0.15, 0.2) is 5.96 Å². The smallest absolute Gasteiger partial charge is 0.191 e. The first kappa shape index (κ1) is 22.2. The van der Waals surface area contributed by atoms with Crippen LogP contribution >= 0.6 is 0 Å². The zero-order valence-corrected chi connectivity index (χ0v) is 17.2. The molecule has 1 aromatic heterocycles. The molecule has 0 radical (unpaired) electrons. The van der Waals surface area contributed by atoms with E-state index in [0.717, 1.165) is 63.2 Å². The van der Waals surface area contributed by atoms with Crippen molar-refractivity contribution < 1.29 is 4.74 Å². The summed E-state index contributed by atoms with van der Waals surface area (Å²) in [5.74, 6) is 2.45. The Morgan fingerprint density at radius 3 is 2.54 bits per heavy atom. The van der Waals surface area contributed by atoms with Crippen LogP contribution in [0.4, 0.5) is 5.82 Å². The summed E-state index contributed by atoms with van der Waals surface area (Å²) in [6.07, 6.45) is 2.89. The molecular weight excluding hydrogens is 326 g/mol. The number of aliphatic imine (C=N–C) groups is 1. The summed E-state index contributed by atoms with van der Waals surface area (Å²) < 4.78 is 5.60. The Hall–Kier alpha value is -1.82. The highest BCUT2D eigenvalue weighted by Crippen LogP contribution is 2.11. The predicted octanol–water partition coefficient (Wildman–Crippen LogP) is 3.05. The maximum Gasteiger partial charge on any atom is 0.191 e. The molecule has 0 bridgehead atoms. The van der Waals surface area contributed by atoms with Crippen LogP contribution in [-0.2, 0) is 11.3 Å². The molecule has 0 saturated carbocycles. The van der Waals surface area contributed by atoms with Crippen molar-refractivity contribution in [2.75, 3.05) is 44.3 Å². The lowest BCUT2D eigenvalue weighted by Gasteiger charge is -2.19. The van der Waals surface area contributed by atoms with Gasteiger partial charge < -0.3 is 20.3 Å². The molecule has 0 unspecified atom stereocenters. The van der Waals surface area contributed by atoms with Crippen molar-refractivity contribution in [3.8, 4) is 0 Å². The normalized spacial score (nSPS) is 11.7. The average molecular weight is 364 g/mol. The number of rotatable bonds is 12. The molecule has 0 aliphatic carbocycles. The van der Waals surface area contributed by atoms with Crippen molar-refractivity contribution in [2.24, 2.45) is 10.9 Å². The van der Waals surface area contributed by atoms with E-state index in [0.29, 0.717) is 12.5 Å². The predicted molar refractivity (Wildman–Crippen MR) is 111 cm³/mol. The molecule has 0 aliphatic heterocycles. The van der Waals surface area contributed by atoms with E-state index in [1.54, 1.807) is 0 Å². The number of ether oxygens (including phenoxy) is 1. The molecule has 1 aromatic rings. The Labute approximate surface area is 159 Å². The third-order valence-electron chi connectivity index (χ3n) is 3.87. The molecule has 0 atom stereocenters. The summed E-state index contributed by atoms with van der Waals surface area (Å²) in [6.45, 7) is 16.5. The van der Waals surface area contributed by atoms with Crippen molar-refractivity contribution in [2.45, 2.75) is 47.6 Å². The Bertz CT molecular complexity index is 497. The van der Waals surface area contributed by atoms with Gasteiger partial charge in [0.05, 0.1) is 6.54 Å². The molecule has 6 nitrogen and oxygen atoms in total. The van der Waals surface area contributed by atoms with Gasteiger partial charge >= 0.3 is 0 Å². The van der Waals surface area contributed by atoms with Gasteiger partial charge in [-0.3, -0.25) is 0 Å². The van der Waals surface area contributed by atoms with Gasteiger partial charge in [0.1, 0.15) is 5.82 Å². The molecule has 0 aliphatic rings. The van der Waals surface area contributed by atoms with Gasteiger partial charge in [-0.15, -0.1) is 0 Å². The molecule has 6 heteroatoms. The molecule has 1 rings (SSSR count). The van der Waals surface area contributed by atoms with Crippen LogP contribution in [0.1, 0.15) is 46.6 Å². The van der Waals surface area contributed by atoms with Crippen LogP contribution in [0, 0.1) is 5.92 Å². The Kier molecular flexibility index (Phi) is 11.4. The maximum atomic E-state index is 5.60. The first-order valence-corrected chi connectivity index (χ1v) is 9.90. The van der Waals surface area contributed by atoms with Crippen molar-refractivity contribution in [1.29, 1.82) is 0 Å². The first-order valence-electron chi connectivity index (χ1n) is 9.90. The number of nitrogens with zero attached hydrogens (tertiary/aromatic N) is 3. The lowest BCUT2D eigenvalue weighted by molar-refractivity contribution is 0.108. The molecule has 0 saturated heterocycles. The standard InChI is InChI=1S/C20H37N5O/c1-6-21-20(22-12-9-13-26-16-17(4)5)24-15-18-10-11-19(23-14-18)25(7-2)8-3/h10-11,14,17H,6-9,12-13,15-16H2,1-5H3,(H2,21,22,24). The van der Waals surface area contributed by atoms with Crippen LogP contribution in [0.5, 0.6) is 0 Å². The summed E-state index contributed by atoms with van der Waals surface area (Å²) in [6, 6.07) is 4.18. The van der Waals surface area contributed by atoms with E-state index in [1.807, 2.05) is 6.20 Å². The third-order valence-corrected chi connectivity index (χ3v) is 3.87. The Morgan fingerprint density at radius 2 is 1.96 bits per heavy atom. The molecule has 0 amide bonds. The van der Waals surface area contributed by atoms with Gasteiger partial charge in [0.25, 0.3) is 0 Å². The van der Waals surface area contributed by atoms with Gasteiger partial charge in [-0.05, 0) is 44.7 Å². The van der Waals surface area contributed by atoms with E-state index in [9.17, 15) is 0 Å². The Balaban J connectivity index is 2.45. The van der Waals surface area contributed by atoms with Gasteiger partial charge in [-0.2, -0.15) is 0 Å². The lowest BCUT2D eigenvalue weighted by atomic mass is 10.2. The van der Waals surface area contributed by atoms with E-state index < -0.39 is 0 Å². The van der Waals surface area contributed by atoms with Crippen molar-refractivity contribution >= 4 is 11.8 Å². The second-order valence-corrected chi connectivity index (χ2v) is 6.64. The molecule has 26 heavy (non-hydrogen) atoms. The Morgan fingerprint density at radius 1 is 1.19 bits per heavy atom. The van der Waals surface area contributed by atoms with Crippen LogP contribution < -0.4 is 15.5 Å². The van der Waals surface area contributed by atoms with E-state index in [2.05, 4.69) is 72.3 Å². The molecular formula is C20H37N5O. The fourth-order valence-electron chi connectivity index (χ4n) is 2.46. The third kappa shape index (κ3) is 9.04. The van der Waals surface area contributed by atoms with Gasteiger partial charge in [0.2, 0.25) is 0 Å². The van der Waals surface area contributed by atoms with Gasteiger partial charge in [-0.1, -0.05) is 19.9 Å². The number of nitrogens with one attached hydrogen (secondary N) is 2. The first-order chi connectivity index (χ1) is 12.6. The number of guanidine groups is 1. The minimum Gasteiger partial charge on any atom is -0.381 e. The summed E-state index contributed by atoms with van der Waals surface area (Å²) >= 11 is 0. The van der Waals surface area contributed by atoms with Gasteiger partial charge in [-0.25, -0.2) is 9.98 Å². The quantitative estimate of drug-likeness (QED) is 0.339. The molecule has 148 valence electrons. The fraction of sp³-hybridized carbons (Fsp3) is 0.700. The van der Waals surface area contributed by atoms with E-state index in [-0.39, 0.29) is 0 Å². The topological polar surface area (TPSA) is 61.8 Å². The zero-order valence-electron chi connectivity index (χ0n) is 17.2. The number of anilines is 1. The second kappa shape index (κ2) is 13.4. The van der Waals surface area contributed by atoms with Crippen molar-refractivity contribution in [3.05, 3.63) is 23.9 Å². The summed E-state index contributed by atoms with van der Waals surface area (Å²) in [5, 5.41) is 6.64. The average Bonchev–Trinajstić information content (AvgIpc) is 2.64. The zero-order chi connectivity index (χ0) is 19.2. The summed E-state index contributed by atoms with van der Waals surface area (Å²) in [7, 11) is 0. The highest BCUT2D eigenvalue weighted by Gasteiger charge is 2.03. The monoisotopic (exact) mass is 363 g/mol. The summed E-state index contributed by atoms with van der Waals surface area (Å²) in [5.41, 5.74) is 1.11. The van der Waals surface area contributed by atoms with Crippen LogP contribution in [0.15, 0.2) is 23.3 Å². The second-order valence-electron chi connectivity index (χ2n) is 6.64. The van der Waals surface area contributed by atoms with Crippen molar-refractivity contribution in [3.63, 3.8) is 0 Å². The number of pyridine rings is 1. The maximum absolute atomic E-state index is 5.60. The number of hydrogen-bond donors (Lipinski definition) is 2.